The second kappa shape index (κ2) is 8.28. The van der Waals surface area contributed by atoms with Gasteiger partial charge in [0, 0.05) is 5.75 Å². The lowest BCUT2D eigenvalue weighted by atomic mass is 10.0. The number of nitriles is 2. The van der Waals surface area contributed by atoms with Crippen LogP contribution >= 0.6 is 10.3 Å². The van der Waals surface area contributed by atoms with Gasteiger partial charge in [0.1, 0.15) is 17.7 Å². The molecule has 0 aromatic heterocycles. The highest BCUT2D eigenvalue weighted by Crippen LogP contribution is 2.60. The smallest absolute Gasteiger partial charge is 0.215 e. The molecule has 0 rings (SSSR count). The minimum absolute atomic E-state index is 0.302. The number of hydrogen-bond acceptors (Lipinski definition) is 5. The molecule has 0 heterocycles. The van der Waals surface area contributed by atoms with E-state index in [0.29, 0.717) is 12.5 Å². The first-order chi connectivity index (χ1) is 13.4. The summed E-state index contributed by atoms with van der Waals surface area (Å²) >= 11 is 0. The topological polar surface area (TPSA) is 90.9 Å². The van der Waals surface area contributed by atoms with Crippen LogP contribution in [0, 0.1) is 22.7 Å². The van der Waals surface area contributed by atoms with Crippen LogP contribution in [0.3, 0.4) is 0 Å². The summed E-state index contributed by atoms with van der Waals surface area (Å²) in [6.07, 6.45) is -6.12. The molecular weight excluding hydrogens is 505 g/mol. The lowest BCUT2D eigenvalue weighted by Gasteiger charge is -2.38. The molecule has 0 aromatic carbocycles. The Morgan fingerprint density at radius 2 is 1.19 bits per heavy atom. The van der Waals surface area contributed by atoms with E-state index in [0.717, 1.165) is 6.92 Å². The molecule has 0 aliphatic heterocycles. The van der Waals surface area contributed by atoms with Crippen molar-refractivity contribution >= 4 is 20.4 Å². The summed E-state index contributed by atoms with van der Waals surface area (Å²) in [5.41, 5.74) is -0.973. The van der Waals surface area contributed by atoms with Crippen LogP contribution in [-0.2, 0) is 13.7 Å². The van der Waals surface area contributed by atoms with Gasteiger partial charge in [-0.15, -0.1) is 10.3 Å². The zero-order chi connectivity index (χ0) is 25.5. The summed E-state index contributed by atoms with van der Waals surface area (Å²) in [5, 5.41) is 10.0. The summed E-state index contributed by atoms with van der Waals surface area (Å²) in [7, 11) is -10.8. The van der Waals surface area contributed by atoms with Gasteiger partial charge in [-0.25, -0.2) is 3.63 Å². The van der Waals surface area contributed by atoms with Crippen molar-refractivity contribution in [3.63, 3.8) is 0 Å². The summed E-state index contributed by atoms with van der Waals surface area (Å²) in [6, 6.07) is 2.62. The Bertz CT molecular complexity index is 910. The first kappa shape index (κ1) is 29.2. The molecule has 31 heavy (non-hydrogen) atoms. The molecule has 0 unspecified atom stereocenters. The summed E-state index contributed by atoms with van der Waals surface area (Å²) in [5.74, 6) is -24.3. The number of nitrogens with zero attached hydrogens (tertiary/aromatic N) is 2. The number of rotatable bonds is 8. The molecule has 0 saturated carbocycles. The van der Waals surface area contributed by atoms with Crippen LogP contribution in [0.15, 0.2) is 11.1 Å². The second-order valence-electron chi connectivity index (χ2n) is 6.22. The van der Waals surface area contributed by atoms with Gasteiger partial charge < -0.3 is 0 Å². The number of hydrogen-bond donors (Lipinski definition) is 0. The van der Waals surface area contributed by atoms with Gasteiger partial charge in [0.05, 0.1) is 0 Å². The minimum atomic E-state index is -7.91. The summed E-state index contributed by atoms with van der Waals surface area (Å²) in [4.78, 5) is 0. The van der Waals surface area contributed by atoms with E-state index in [1.165, 1.54) is 12.1 Å². The fourth-order valence-corrected chi connectivity index (χ4v) is 5.94. The van der Waals surface area contributed by atoms with E-state index in [1.54, 1.807) is 0 Å². The Balaban J connectivity index is 6.36. The van der Waals surface area contributed by atoms with Crippen LogP contribution in [0.2, 0.25) is 0 Å². The Hall–Kier alpha value is -1.79. The molecule has 18 heteroatoms. The van der Waals surface area contributed by atoms with Crippen LogP contribution in [0.5, 0.6) is 0 Å². The summed E-state index contributed by atoms with van der Waals surface area (Å²) in [6.45, 7) is 0.997. The van der Waals surface area contributed by atoms with Gasteiger partial charge in [-0.2, -0.15) is 67.2 Å². The van der Waals surface area contributed by atoms with Gasteiger partial charge in [-0.3, -0.25) is 0 Å². The zero-order valence-electron chi connectivity index (χ0n) is 15.3. The number of allylic oxidation sites excluding steroid dienone is 1. The zero-order valence-corrected chi connectivity index (χ0v) is 16.9. The van der Waals surface area contributed by atoms with Crippen molar-refractivity contribution in [2.24, 2.45) is 0 Å². The van der Waals surface area contributed by atoms with Crippen LogP contribution < -0.4 is 0 Å². The molecule has 0 fully saturated rings. The van der Waals surface area contributed by atoms with E-state index in [-0.39, 0.29) is 5.57 Å². The molecule has 0 amide bonds. The first-order valence-electron chi connectivity index (χ1n) is 7.11. The highest BCUT2D eigenvalue weighted by molar-refractivity contribution is 8.32. The Labute approximate surface area is 169 Å². The van der Waals surface area contributed by atoms with Crippen molar-refractivity contribution in [3.05, 3.63) is 11.1 Å². The van der Waals surface area contributed by atoms with Crippen LogP contribution in [-0.4, -0.2) is 55.9 Å². The normalized spacial score (nSPS) is 15.1. The molecule has 0 atom stereocenters. The van der Waals surface area contributed by atoms with Gasteiger partial charge in [0.15, 0.2) is 0 Å². The van der Waals surface area contributed by atoms with Crippen LogP contribution in [0.25, 0.3) is 0 Å². The standard InChI is InChI=1S/C13H11F11N2O3S2/c1-7(8(4-25)5-26)6-30(2,3)29-31(27,28)13(23,24)11(18,19)9(14,15)10(16,17)12(20,21)22/h6H2,1-3H3. The Morgan fingerprint density at radius 3 is 1.52 bits per heavy atom. The van der Waals surface area contributed by atoms with E-state index >= 15 is 0 Å². The molecular formula is C13H11F11N2O3S2. The lowest BCUT2D eigenvalue weighted by Crippen LogP contribution is -2.68. The highest BCUT2D eigenvalue weighted by atomic mass is 32.3. The van der Waals surface area contributed by atoms with Gasteiger partial charge in [-0.05, 0) is 25.0 Å². The molecule has 0 N–H and O–H groups in total. The lowest BCUT2D eigenvalue weighted by molar-refractivity contribution is -0.413. The maximum absolute atomic E-state index is 13.8. The number of halogens is 11. The third-order valence-electron chi connectivity index (χ3n) is 3.31. The fourth-order valence-electron chi connectivity index (χ4n) is 1.83. The predicted molar refractivity (Wildman–Crippen MR) is 84.1 cm³/mol. The maximum atomic E-state index is 13.8. The largest absolute Gasteiger partial charge is 0.460 e. The van der Waals surface area contributed by atoms with Crippen molar-refractivity contribution in [2.45, 2.75) is 36.1 Å². The molecule has 0 aromatic rings. The van der Waals surface area contributed by atoms with Crippen molar-refractivity contribution < 1.29 is 60.3 Å². The molecule has 0 saturated heterocycles. The van der Waals surface area contributed by atoms with E-state index in [1.807, 2.05) is 0 Å². The van der Waals surface area contributed by atoms with Crippen molar-refractivity contribution in [3.8, 4) is 12.1 Å². The molecule has 0 spiro atoms. The Morgan fingerprint density at radius 1 is 0.806 bits per heavy atom. The molecule has 0 bridgehead atoms. The average molecular weight is 516 g/mol. The third kappa shape index (κ3) is 5.01. The maximum Gasteiger partial charge on any atom is 0.460 e. The highest BCUT2D eigenvalue weighted by Gasteiger charge is 2.90. The van der Waals surface area contributed by atoms with Gasteiger partial charge in [0.2, 0.25) is 0 Å². The van der Waals surface area contributed by atoms with Gasteiger partial charge in [-0.1, -0.05) is 0 Å². The van der Waals surface area contributed by atoms with Crippen molar-refractivity contribution in [1.29, 1.82) is 10.5 Å². The fraction of sp³-hybridized carbons (Fsp3) is 0.692. The van der Waals surface area contributed by atoms with Crippen molar-refractivity contribution in [2.75, 3.05) is 18.3 Å². The first-order valence-corrected chi connectivity index (χ1v) is 11.1. The minimum Gasteiger partial charge on any atom is -0.215 e. The van der Waals surface area contributed by atoms with E-state index in [9.17, 15) is 56.7 Å². The van der Waals surface area contributed by atoms with Gasteiger partial charge in [0.25, 0.3) is 0 Å². The van der Waals surface area contributed by atoms with Crippen LogP contribution in [0.4, 0.5) is 48.3 Å². The summed E-state index contributed by atoms with van der Waals surface area (Å²) < 4.78 is 170. The van der Waals surface area contributed by atoms with Crippen LogP contribution in [0.1, 0.15) is 6.92 Å². The Kier molecular flexibility index (Phi) is 7.81. The van der Waals surface area contributed by atoms with Gasteiger partial charge >= 0.3 is 39.3 Å². The van der Waals surface area contributed by atoms with E-state index in [4.69, 9.17) is 10.5 Å². The number of alkyl halides is 11. The predicted octanol–water partition coefficient (Wildman–Crippen LogP) is 4.74. The SMILES string of the molecule is CC(CS(C)(C)OS(=O)(=O)C(F)(F)C(F)(F)C(F)(F)C(F)(F)C(F)(F)F)=C(C#N)C#N. The second-order valence-corrected chi connectivity index (χ2v) is 11.3. The third-order valence-corrected chi connectivity index (χ3v) is 7.52. The van der Waals surface area contributed by atoms with E-state index < -0.39 is 61.0 Å². The van der Waals surface area contributed by atoms with Crippen molar-refractivity contribution in [1.82, 2.24) is 0 Å². The van der Waals surface area contributed by atoms with E-state index in [2.05, 4.69) is 3.63 Å². The monoisotopic (exact) mass is 516 g/mol. The molecule has 0 aliphatic carbocycles. The molecule has 0 aliphatic rings. The molecule has 5 nitrogen and oxygen atoms in total. The quantitative estimate of drug-likeness (QED) is 0.344. The molecule has 0 radical (unpaired) electrons. The molecule has 180 valence electrons. The average Bonchev–Trinajstić information content (AvgIpc) is 2.52.